The van der Waals surface area contributed by atoms with Crippen LogP contribution in [-0.4, -0.2) is 34.3 Å². The average molecular weight is 298 g/mol. The largest absolute Gasteiger partial charge is 0.351 e. The molecule has 1 atom stereocenters. The third-order valence-electron chi connectivity index (χ3n) is 3.99. The maximum atomic E-state index is 12.5. The van der Waals surface area contributed by atoms with E-state index in [9.17, 15) is 9.59 Å². The Bertz CT molecular complexity index is 678. The van der Waals surface area contributed by atoms with Crippen molar-refractivity contribution in [3.8, 4) is 0 Å². The molecule has 1 amide bonds. The van der Waals surface area contributed by atoms with Crippen LogP contribution in [0.15, 0.2) is 40.9 Å². The molecule has 22 heavy (non-hydrogen) atoms. The summed E-state index contributed by atoms with van der Waals surface area (Å²) in [6, 6.07) is 10.8. The monoisotopic (exact) mass is 298 g/mol. The van der Waals surface area contributed by atoms with Crippen molar-refractivity contribution in [2.75, 3.05) is 6.54 Å². The van der Waals surface area contributed by atoms with Crippen LogP contribution in [0, 0.1) is 6.92 Å². The van der Waals surface area contributed by atoms with Crippen LogP contribution in [0.4, 0.5) is 0 Å². The topological polar surface area (TPSA) is 63.4 Å². The Hall–Kier alpha value is -2.43. The molecule has 1 aromatic carbocycles. The Morgan fingerprint density at radius 2 is 2.09 bits per heavy atom. The molecule has 1 aliphatic rings. The first kappa shape index (κ1) is 14.5. The van der Waals surface area contributed by atoms with E-state index in [-0.39, 0.29) is 23.5 Å². The number of Topliss-reactive ketones (excluding diaryl/α,β-unsaturated/α-hetero) is 1. The molecule has 3 rings (SSSR count). The summed E-state index contributed by atoms with van der Waals surface area (Å²) in [7, 11) is 0. The van der Waals surface area contributed by atoms with Crippen molar-refractivity contribution in [2.45, 2.75) is 32.2 Å². The molecule has 0 bridgehead atoms. The van der Waals surface area contributed by atoms with Crippen LogP contribution in [0.5, 0.6) is 0 Å². The quantitative estimate of drug-likeness (QED) is 0.814. The smallest absolute Gasteiger partial charge is 0.292 e. The van der Waals surface area contributed by atoms with Gasteiger partial charge in [-0.2, -0.15) is 0 Å². The number of rotatable bonds is 4. The van der Waals surface area contributed by atoms with Crippen molar-refractivity contribution < 1.29 is 14.1 Å². The summed E-state index contributed by atoms with van der Waals surface area (Å²) in [6.07, 6.45) is 2.10. The van der Waals surface area contributed by atoms with E-state index in [1.54, 1.807) is 17.9 Å². The summed E-state index contributed by atoms with van der Waals surface area (Å²) in [5, 5.41) is 3.75. The molecule has 0 radical (unpaired) electrons. The highest BCUT2D eigenvalue weighted by Crippen LogP contribution is 2.24. The Labute approximate surface area is 128 Å². The predicted molar refractivity (Wildman–Crippen MR) is 80.7 cm³/mol. The van der Waals surface area contributed by atoms with Gasteiger partial charge in [0.15, 0.2) is 5.78 Å². The molecule has 1 aromatic heterocycles. The summed E-state index contributed by atoms with van der Waals surface area (Å²) < 4.78 is 5.05. The maximum absolute atomic E-state index is 12.5. The molecule has 5 heteroatoms. The number of aryl methyl sites for hydroxylation is 1. The highest BCUT2D eigenvalue weighted by atomic mass is 16.5. The number of hydrogen-bond acceptors (Lipinski definition) is 4. The zero-order chi connectivity index (χ0) is 15.5. The fraction of sp³-hybridized carbons (Fsp3) is 0.353. The van der Waals surface area contributed by atoms with Crippen LogP contribution in [-0.2, 0) is 0 Å². The van der Waals surface area contributed by atoms with Crippen LogP contribution in [0.3, 0.4) is 0 Å². The zero-order valence-electron chi connectivity index (χ0n) is 12.5. The van der Waals surface area contributed by atoms with Crippen molar-refractivity contribution in [2.24, 2.45) is 0 Å². The van der Waals surface area contributed by atoms with E-state index in [1.165, 1.54) is 0 Å². The van der Waals surface area contributed by atoms with E-state index < -0.39 is 0 Å². The van der Waals surface area contributed by atoms with Gasteiger partial charge < -0.3 is 9.42 Å². The molecule has 2 aromatic rings. The fourth-order valence-electron chi connectivity index (χ4n) is 2.88. The standard InChI is InChI=1S/C17H18N2O3/c1-12-10-16(22-18-12)17(21)19-9-5-8-14(19)11-15(20)13-6-3-2-4-7-13/h2-4,6-7,10,14H,5,8-9,11H2,1H3. The van der Waals surface area contributed by atoms with Crippen LogP contribution in [0.1, 0.15) is 45.9 Å². The van der Waals surface area contributed by atoms with E-state index in [2.05, 4.69) is 5.16 Å². The van der Waals surface area contributed by atoms with Gasteiger partial charge in [-0.25, -0.2) is 0 Å². The van der Waals surface area contributed by atoms with E-state index >= 15 is 0 Å². The summed E-state index contributed by atoms with van der Waals surface area (Å²) in [5.41, 5.74) is 1.37. The molecule has 5 nitrogen and oxygen atoms in total. The SMILES string of the molecule is Cc1cc(C(=O)N2CCCC2CC(=O)c2ccccc2)on1. The molecule has 0 N–H and O–H groups in total. The van der Waals surface area contributed by atoms with Gasteiger partial charge in [0.1, 0.15) is 0 Å². The van der Waals surface area contributed by atoms with Crippen molar-refractivity contribution in [1.82, 2.24) is 10.1 Å². The Kier molecular flexibility index (Phi) is 4.04. The summed E-state index contributed by atoms with van der Waals surface area (Å²) >= 11 is 0. The fourth-order valence-corrected chi connectivity index (χ4v) is 2.88. The minimum atomic E-state index is -0.177. The minimum absolute atomic E-state index is 0.0642. The first-order valence-electron chi connectivity index (χ1n) is 7.47. The van der Waals surface area contributed by atoms with Crippen LogP contribution in [0.2, 0.25) is 0 Å². The van der Waals surface area contributed by atoms with Crippen molar-refractivity contribution in [3.63, 3.8) is 0 Å². The highest BCUT2D eigenvalue weighted by Gasteiger charge is 2.32. The third-order valence-corrected chi connectivity index (χ3v) is 3.99. The molecule has 1 fully saturated rings. The van der Waals surface area contributed by atoms with Gasteiger partial charge in [-0.15, -0.1) is 0 Å². The van der Waals surface area contributed by atoms with Gasteiger partial charge in [0, 0.05) is 30.6 Å². The molecule has 0 saturated carbocycles. The zero-order valence-corrected chi connectivity index (χ0v) is 12.5. The highest BCUT2D eigenvalue weighted by molar-refractivity contribution is 5.97. The first-order valence-corrected chi connectivity index (χ1v) is 7.47. The molecule has 0 spiro atoms. The summed E-state index contributed by atoms with van der Waals surface area (Å²) in [4.78, 5) is 26.5. The van der Waals surface area contributed by atoms with Gasteiger partial charge in [-0.1, -0.05) is 35.5 Å². The van der Waals surface area contributed by atoms with E-state index in [1.807, 2.05) is 30.3 Å². The summed E-state index contributed by atoms with van der Waals surface area (Å²) in [5.74, 6) is 0.138. The number of benzene rings is 1. The minimum Gasteiger partial charge on any atom is -0.351 e. The molecule has 0 aliphatic carbocycles. The predicted octanol–water partition coefficient (Wildman–Crippen LogP) is 2.86. The number of carbonyl (C=O) groups is 2. The second-order valence-electron chi connectivity index (χ2n) is 5.62. The van der Waals surface area contributed by atoms with Gasteiger partial charge in [-0.3, -0.25) is 9.59 Å². The molecule has 114 valence electrons. The Morgan fingerprint density at radius 1 is 1.32 bits per heavy atom. The van der Waals surface area contributed by atoms with Gasteiger partial charge >= 0.3 is 0 Å². The van der Waals surface area contributed by atoms with Gasteiger partial charge in [0.25, 0.3) is 5.91 Å². The number of carbonyl (C=O) groups excluding carboxylic acids is 2. The number of ketones is 1. The molecule has 2 heterocycles. The summed E-state index contributed by atoms with van der Waals surface area (Å²) in [6.45, 7) is 2.44. The van der Waals surface area contributed by atoms with Gasteiger partial charge in [0.2, 0.25) is 5.76 Å². The lowest BCUT2D eigenvalue weighted by Crippen LogP contribution is -2.36. The van der Waals surface area contributed by atoms with Gasteiger partial charge in [-0.05, 0) is 19.8 Å². The first-order chi connectivity index (χ1) is 10.6. The molecular weight excluding hydrogens is 280 g/mol. The molecule has 1 unspecified atom stereocenters. The third kappa shape index (κ3) is 2.93. The number of hydrogen-bond donors (Lipinski definition) is 0. The lowest BCUT2D eigenvalue weighted by molar-refractivity contribution is 0.0677. The lowest BCUT2D eigenvalue weighted by Gasteiger charge is -2.23. The Balaban J connectivity index is 1.71. The Morgan fingerprint density at radius 3 is 2.77 bits per heavy atom. The number of likely N-dealkylation sites (tertiary alicyclic amines) is 1. The van der Waals surface area contributed by atoms with Crippen LogP contribution in [0.25, 0.3) is 0 Å². The second-order valence-corrected chi connectivity index (χ2v) is 5.62. The number of amides is 1. The maximum Gasteiger partial charge on any atom is 0.292 e. The number of nitrogens with zero attached hydrogens (tertiary/aromatic N) is 2. The van der Waals surface area contributed by atoms with Crippen molar-refractivity contribution in [3.05, 3.63) is 53.4 Å². The average Bonchev–Trinajstić information content (AvgIpc) is 3.16. The molecule has 1 aliphatic heterocycles. The van der Waals surface area contributed by atoms with Gasteiger partial charge in [0.05, 0.1) is 5.69 Å². The second kappa shape index (κ2) is 6.13. The lowest BCUT2D eigenvalue weighted by atomic mass is 10.0. The van der Waals surface area contributed by atoms with Crippen LogP contribution >= 0.6 is 0 Å². The van der Waals surface area contributed by atoms with E-state index in [0.717, 1.165) is 12.8 Å². The normalized spacial score (nSPS) is 17.7. The van der Waals surface area contributed by atoms with E-state index in [4.69, 9.17) is 4.52 Å². The molecular formula is C17H18N2O3. The van der Waals surface area contributed by atoms with Crippen LogP contribution < -0.4 is 0 Å². The van der Waals surface area contributed by atoms with Crippen molar-refractivity contribution in [1.29, 1.82) is 0 Å². The van der Waals surface area contributed by atoms with E-state index in [0.29, 0.717) is 24.2 Å². The van der Waals surface area contributed by atoms with Crippen molar-refractivity contribution >= 4 is 11.7 Å². The molecule has 1 saturated heterocycles. The number of aromatic nitrogens is 1.